The molecule has 0 heterocycles. The van der Waals surface area contributed by atoms with E-state index in [1.54, 1.807) is 0 Å². The largest absolute Gasteiger partial charge is 0.460 e. The highest BCUT2D eigenvalue weighted by molar-refractivity contribution is 5.69. The van der Waals surface area contributed by atoms with Crippen molar-refractivity contribution in [1.29, 1.82) is 0 Å². The van der Waals surface area contributed by atoms with Gasteiger partial charge < -0.3 is 9.22 Å². The molecule has 0 aliphatic heterocycles. The molecule has 0 aliphatic carbocycles. The first-order chi connectivity index (χ1) is 14.5. The second-order valence-electron chi connectivity index (χ2n) is 9.98. The number of ether oxygens (including phenoxy) is 1. The molecule has 0 rings (SSSR count). The molecule has 0 aromatic heterocycles. The number of allylic oxidation sites excluding steroid dienone is 2. The molecule has 3 nitrogen and oxygen atoms in total. The Morgan fingerprint density at radius 2 is 1.10 bits per heavy atom. The molecule has 3 heteroatoms. The molecule has 0 bridgehead atoms. The molecule has 178 valence electrons. The van der Waals surface area contributed by atoms with Crippen LogP contribution in [0.2, 0.25) is 0 Å². The van der Waals surface area contributed by atoms with Gasteiger partial charge in [0.25, 0.3) is 0 Å². The molecule has 0 aromatic rings. The molecule has 0 amide bonds. The van der Waals surface area contributed by atoms with Gasteiger partial charge in [-0.2, -0.15) is 0 Å². The van der Waals surface area contributed by atoms with Crippen molar-refractivity contribution in [2.45, 2.75) is 122 Å². The van der Waals surface area contributed by atoms with Crippen LogP contribution in [0.1, 0.15) is 122 Å². The minimum absolute atomic E-state index is 0.0236. The Bertz CT molecular complexity index is 398. The third-order valence-corrected chi connectivity index (χ3v) is 5.67. The van der Waals surface area contributed by atoms with Crippen LogP contribution in [0.25, 0.3) is 0 Å². The van der Waals surface area contributed by atoms with Crippen LogP contribution in [0.3, 0.4) is 0 Å². The molecule has 0 saturated heterocycles. The van der Waals surface area contributed by atoms with Crippen LogP contribution in [0, 0.1) is 0 Å². The lowest BCUT2D eigenvalue weighted by atomic mass is 10.1. The van der Waals surface area contributed by atoms with Gasteiger partial charge in [-0.05, 0) is 32.1 Å². The molecule has 0 spiro atoms. The third kappa shape index (κ3) is 25.2. The zero-order chi connectivity index (χ0) is 22.3. The molecule has 0 unspecified atom stereocenters. The highest BCUT2D eigenvalue weighted by Gasteiger charge is 2.09. The average molecular weight is 425 g/mol. The Balaban J connectivity index is 3.21. The Labute approximate surface area is 189 Å². The molecule has 0 atom stereocenters. The van der Waals surface area contributed by atoms with E-state index in [1.165, 1.54) is 96.3 Å². The van der Waals surface area contributed by atoms with Crippen LogP contribution < -0.4 is 0 Å². The van der Waals surface area contributed by atoms with Crippen molar-refractivity contribution < 1.29 is 14.0 Å². The fourth-order valence-electron chi connectivity index (χ4n) is 3.55. The zero-order valence-electron chi connectivity index (χ0n) is 21.1. The SMILES string of the molecule is CCCCCCCC/C=C\CCCCCCCCCCCC(=O)OCC[N+](C)(C)C. The predicted molar refractivity (Wildman–Crippen MR) is 132 cm³/mol. The maximum absolute atomic E-state index is 11.7. The summed E-state index contributed by atoms with van der Waals surface area (Å²) in [4.78, 5) is 11.7. The van der Waals surface area contributed by atoms with E-state index in [-0.39, 0.29) is 5.97 Å². The number of esters is 1. The van der Waals surface area contributed by atoms with Crippen molar-refractivity contribution in [3.8, 4) is 0 Å². The van der Waals surface area contributed by atoms with Gasteiger partial charge in [-0.15, -0.1) is 0 Å². The molecule has 0 aromatic carbocycles. The summed E-state index contributed by atoms with van der Waals surface area (Å²) in [5, 5.41) is 0. The fraction of sp³-hybridized carbons (Fsp3) is 0.889. The van der Waals surface area contributed by atoms with Crippen LogP contribution in [0.15, 0.2) is 12.2 Å². The van der Waals surface area contributed by atoms with Crippen LogP contribution >= 0.6 is 0 Å². The number of carbonyl (C=O) groups excluding carboxylic acids is 1. The van der Waals surface area contributed by atoms with Crippen molar-refractivity contribution in [3.63, 3.8) is 0 Å². The van der Waals surface area contributed by atoms with Gasteiger partial charge in [-0.1, -0.05) is 96.1 Å². The van der Waals surface area contributed by atoms with E-state index in [2.05, 4.69) is 40.2 Å². The maximum Gasteiger partial charge on any atom is 0.305 e. The number of hydrogen-bond donors (Lipinski definition) is 0. The first kappa shape index (κ1) is 29.2. The van der Waals surface area contributed by atoms with E-state index in [0.29, 0.717) is 13.0 Å². The molecular weight excluding hydrogens is 370 g/mol. The Hall–Kier alpha value is -0.830. The highest BCUT2D eigenvalue weighted by Crippen LogP contribution is 2.12. The zero-order valence-corrected chi connectivity index (χ0v) is 21.1. The molecular formula is C27H54NO2+. The molecule has 0 radical (unpaired) electrons. The minimum atomic E-state index is -0.0236. The van der Waals surface area contributed by atoms with Crippen LogP contribution in [-0.4, -0.2) is 44.7 Å². The van der Waals surface area contributed by atoms with Crippen molar-refractivity contribution >= 4 is 5.97 Å². The van der Waals surface area contributed by atoms with Gasteiger partial charge in [0.05, 0.1) is 21.1 Å². The summed E-state index contributed by atoms with van der Waals surface area (Å²) in [6, 6.07) is 0. The first-order valence-electron chi connectivity index (χ1n) is 13.1. The van der Waals surface area contributed by atoms with Gasteiger partial charge in [0, 0.05) is 6.42 Å². The summed E-state index contributed by atoms with van der Waals surface area (Å²) in [5.41, 5.74) is 0. The van der Waals surface area contributed by atoms with Crippen molar-refractivity contribution in [2.75, 3.05) is 34.3 Å². The molecule has 0 saturated carbocycles. The van der Waals surface area contributed by atoms with Gasteiger partial charge in [-0.3, -0.25) is 4.79 Å². The van der Waals surface area contributed by atoms with E-state index in [0.717, 1.165) is 23.9 Å². The smallest absolute Gasteiger partial charge is 0.305 e. The highest BCUT2D eigenvalue weighted by atomic mass is 16.5. The number of unbranched alkanes of at least 4 members (excludes halogenated alkanes) is 15. The third-order valence-electron chi connectivity index (χ3n) is 5.67. The van der Waals surface area contributed by atoms with E-state index in [4.69, 9.17) is 4.74 Å². The average Bonchev–Trinajstić information content (AvgIpc) is 2.68. The number of likely N-dealkylation sites (N-methyl/N-ethyl adjacent to an activating group) is 1. The second kappa shape index (κ2) is 21.4. The quantitative estimate of drug-likeness (QED) is 0.0765. The first-order valence-corrected chi connectivity index (χ1v) is 13.1. The van der Waals surface area contributed by atoms with E-state index in [9.17, 15) is 4.79 Å². The summed E-state index contributed by atoms with van der Waals surface area (Å²) < 4.78 is 6.13. The summed E-state index contributed by atoms with van der Waals surface area (Å²) in [6.07, 6.45) is 27.8. The molecule has 0 aliphatic rings. The van der Waals surface area contributed by atoms with Crippen LogP contribution in [-0.2, 0) is 9.53 Å². The number of nitrogens with zero attached hydrogens (tertiary/aromatic N) is 1. The Kier molecular flexibility index (Phi) is 20.8. The monoisotopic (exact) mass is 424 g/mol. The number of carbonyl (C=O) groups is 1. The number of hydrogen-bond acceptors (Lipinski definition) is 2. The van der Waals surface area contributed by atoms with Crippen molar-refractivity contribution in [1.82, 2.24) is 0 Å². The number of rotatable bonds is 22. The minimum Gasteiger partial charge on any atom is -0.460 e. The lowest BCUT2D eigenvalue weighted by molar-refractivity contribution is -0.870. The summed E-state index contributed by atoms with van der Waals surface area (Å²) in [5.74, 6) is -0.0236. The Morgan fingerprint density at radius 3 is 1.57 bits per heavy atom. The number of quaternary nitrogens is 1. The summed E-state index contributed by atoms with van der Waals surface area (Å²) >= 11 is 0. The van der Waals surface area contributed by atoms with E-state index in [1.807, 2.05) is 0 Å². The summed E-state index contributed by atoms with van der Waals surface area (Å²) in [7, 11) is 6.34. The molecule has 0 N–H and O–H groups in total. The standard InChI is InChI=1S/C27H54NO2/c1-5-6-7-8-9-10-11-12-13-14-15-16-17-18-19-20-21-22-23-24-27(29)30-26-25-28(2,3)4/h12-13H,5-11,14-26H2,1-4H3/q+1/b13-12-. The lowest BCUT2D eigenvalue weighted by Crippen LogP contribution is -2.37. The fourth-order valence-corrected chi connectivity index (χ4v) is 3.55. The van der Waals surface area contributed by atoms with Gasteiger partial charge in [-0.25, -0.2) is 0 Å². The van der Waals surface area contributed by atoms with Gasteiger partial charge in [0.2, 0.25) is 0 Å². The predicted octanol–water partition coefficient (Wildman–Crippen LogP) is 7.83. The summed E-state index contributed by atoms with van der Waals surface area (Å²) in [6.45, 7) is 3.69. The van der Waals surface area contributed by atoms with Crippen molar-refractivity contribution in [2.24, 2.45) is 0 Å². The normalized spacial score (nSPS) is 12.0. The molecule has 30 heavy (non-hydrogen) atoms. The van der Waals surface area contributed by atoms with Gasteiger partial charge in [0.1, 0.15) is 13.2 Å². The van der Waals surface area contributed by atoms with E-state index >= 15 is 0 Å². The van der Waals surface area contributed by atoms with E-state index < -0.39 is 0 Å². The van der Waals surface area contributed by atoms with Crippen LogP contribution in [0.4, 0.5) is 0 Å². The molecule has 0 fully saturated rings. The van der Waals surface area contributed by atoms with Gasteiger partial charge >= 0.3 is 5.97 Å². The maximum atomic E-state index is 11.7. The topological polar surface area (TPSA) is 26.3 Å². The van der Waals surface area contributed by atoms with Gasteiger partial charge in [0.15, 0.2) is 0 Å². The Morgan fingerprint density at radius 1 is 0.667 bits per heavy atom. The van der Waals surface area contributed by atoms with Crippen molar-refractivity contribution in [3.05, 3.63) is 12.2 Å². The van der Waals surface area contributed by atoms with Crippen LogP contribution in [0.5, 0.6) is 0 Å². The second-order valence-corrected chi connectivity index (χ2v) is 9.98. The lowest BCUT2D eigenvalue weighted by Gasteiger charge is -2.23.